The van der Waals surface area contributed by atoms with Gasteiger partial charge in [-0.3, -0.25) is 9.69 Å². The molecule has 2 aliphatic heterocycles. The number of nitrogens with zero attached hydrogens (tertiary/aromatic N) is 4. The molecule has 0 unspecified atom stereocenters. The van der Waals surface area contributed by atoms with Crippen LogP contribution in [0.4, 0.5) is 4.39 Å². The van der Waals surface area contributed by atoms with Gasteiger partial charge in [0.05, 0.1) is 17.7 Å². The van der Waals surface area contributed by atoms with E-state index in [1.165, 1.54) is 12.1 Å². The molecular formula is C31H39FN4O2. The smallest absolute Gasteiger partial charge is 0.253 e. The molecule has 7 heteroatoms. The van der Waals surface area contributed by atoms with E-state index < -0.39 is 0 Å². The molecular weight excluding hydrogens is 479 g/mol. The average Bonchev–Trinajstić information content (AvgIpc) is 2.91. The van der Waals surface area contributed by atoms with Crippen LogP contribution in [-0.4, -0.2) is 84.2 Å². The number of carbonyl (C=O) groups excluding carboxylic acids is 1. The summed E-state index contributed by atoms with van der Waals surface area (Å²) in [5.41, 5.74) is 4.49. The van der Waals surface area contributed by atoms with Crippen LogP contribution in [0.15, 0.2) is 36.4 Å². The zero-order valence-corrected chi connectivity index (χ0v) is 22.4. The van der Waals surface area contributed by atoms with Crippen molar-refractivity contribution in [3.05, 3.63) is 70.0 Å². The lowest BCUT2D eigenvalue weighted by Gasteiger charge is -2.47. The van der Waals surface area contributed by atoms with Crippen LogP contribution in [0.25, 0.3) is 0 Å². The molecule has 2 heterocycles. The molecule has 2 saturated heterocycles. The molecule has 5 rings (SSSR count). The third kappa shape index (κ3) is 6.09. The van der Waals surface area contributed by atoms with Gasteiger partial charge in [-0.05, 0) is 92.4 Å². The minimum absolute atomic E-state index is 0.0383. The molecule has 0 radical (unpaired) electrons. The molecule has 0 spiro atoms. The van der Waals surface area contributed by atoms with Crippen molar-refractivity contribution < 1.29 is 14.3 Å². The number of hydrogen-bond donors (Lipinski definition) is 1. The summed E-state index contributed by atoms with van der Waals surface area (Å²) in [7, 11) is 1.84. The second-order valence-electron chi connectivity index (χ2n) is 11.4. The number of aliphatic hydroxyl groups excluding tert-OH is 1. The van der Waals surface area contributed by atoms with Crippen LogP contribution >= 0.6 is 0 Å². The standard InChI is InChI=1S/C31H39FN4O2/c1-34(31(38)30-17-22(18-33)16-24-4-2-3-5-29(24)30)19-25(23-6-8-26(32)9-7-23)10-13-35-20-27(21-35)36-14-11-28(37)12-15-36/h6-9,16-17,25,27-28,37H,2-5,10-15,19-21H2,1H3/t25-/m1/s1. The molecule has 1 aliphatic carbocycles. The maximum absolute atomic E-state index is 13.7. The molecule has 0 bridgehead atoms. The second kappa shape index (κ2) is 11.9. The maximum atomic E-state index is 13.7. The summed E-state index contributed by atoms with van der Waals surface area (Å²) in [6, 6.07) is 13.2. The highest BCUT2D eigenvalue weighted by molar-refractivity contribution is 5.96. The first-order valence-electron chi connectivity index (χ1n) is 14.1. The number of amides is 1. The molecule has 1 N–H and O–H groups in total. The maximum Gasteiger partial charge on any atom is 0.253 e. The number of aryl methyl sites for hydroxylation is 1. The molecule has 1 amide bonds. The van der Waals surface area contributed by atoms with E-state index >= 15 is 0 Å². The van der Waals surface area contributed by atoms with Crippen molar-refractivity contribution in [3.8, 4) is 6.07 Å². The van der Waals surface area contributed by atoms with E-state index in [0.717, 1.165) is 94.4 Å². The summed E-state index contributed by atoms with van der Waals surface area (Å²) in [6.07, 6.45) is 6.42. The molecule has 2 fully saturated rings. The SMILES string of the molecule is CN(C[C@@H](CCN1CC(N2CCC(O)CC2)C1)c1ccc(F)cc1)C(=O)c1cc(C#N)cc2c1CCCC2. The number of halogens is 1. The van der Waals surface area contributed by atoms with Crippen LogP contribution in [0.3, 0.4) is 0 Å². The summed E-state index contributed by atoms with van der Waals surface area (Å²) in [5.74, 6) is -0.207. The van der Waals surface area contributed by atoms with E-state index in [4.69, 9.17) is 0 Å². The molecule has 38 heavy (non-hydrogen) atoms. The van der Waals surface area contributed by atoms with E-state index in [0.29, 0.717) is 23.7 Å². The molecule has 202 valence electrons. The fraction of sp³-hybridized carbons (Fsp3) is 0.548. The number of fused-ring (bicyclic) bond motifs is 1. The Morgan fingerprint density at radius 3 is 2.58 bits per heavy atom. The summed E-state index contributed by atoms with van der Waals surface area (Å²) in [5, 5.41) is 19.3. The van der Waals surface area contributed by atoms with Crippen molar-refractivity contribution in [3.63, 3.8) is 0 Å². The topological polar surface area (TPSA) is 70.8 Å². The second-order valence-corrected chi connectivity index (χ2v) is 11.4. The van der Waals surface area contributed by atoms with Gasteiger partial charge in [-0.15, -0.1) is 0 Å². The minimum atomic E-state index is -0.255. The Balaban J connectivity index is 1.25. The van der Waals surface area contributed by atoms with E-state index in [1.807, 2.05) is 25.2 Å². The van der Waals surface area contributed by atoms with Crippen LogP contribution in [0.2, 0.25) is 0 Å². The number of benzene rings is 2. The molecule has 1 atom stereocenters. The Morgan fingerprint density at radius 2 is 1.87 bits per heavy atom. The lowest BCUT2D eigenvalue weighted by molar-refractivity contribution is -0.00542. The highest BCUT2D eigenvalue weighted by atomic mass is 19.1. The van der Waals surface area contributed by atoms with Crippen molar-refractivity contribution in [1.82, 2.24) is 14.7 Å². The molecule has 0 aromatic heterocycles. The normalized spacial score (nSPS) is 19.8. The highest BCUT2D eigenvalue weighted by Crippen LogP contribution is 2.29. The van der Waals surface area contributed by atoms with Gasteiger partial charge in [0.2, 0.25) is 0 Å². The van der Waals surface area contributed by atoms with Gasteiger partial charge in [-0.2, -0.15) is 5.26 Å². The average molecular weight is 519 g/mol. The van der Waals surface area contributed by atoms with Gasteiger partial charge < -0.3 is 14.9 Å². The van der Waals surface area contributed by atoms with Crippen molar-refractivity contribution in [2.75, 3.05) is 46.3 Å². The number of carbonyl (C=O) groups is 1. The minimum Gasteiger partial charge on any atom is -0.393 e. The van der Waals surface area contributed by atoms with Gasteiger partial charge in [-0.1, -0.05) is 12.1 Å². The van der Waals surface area contributed by atoms with E-state index in [-0.39, 0.29) is 23.7 Å². The van der Waals surface area contributed by atoms with Gasteiger partial charge in [-0.25, -0.2) is 4.39 Å². The van der Waals surface area contributed by atoms with Crippen molar-refractivity contribution in [2.24, 2.45) is 0 Å². The number of hydrogen-bond acceptors (Lipinski definition) is 5. The fourth-order valence-corrected chi connectivity index (χ4v) is 6.39. The Hall–Kier alpha value is -2.79. The first-order valence-corrected chi connectivity index (χ1v) is 14.1. The number of likely N-dealkylation sites (N-methyl/N-ethyl adjacent to an activating group) is 1. The van der Waals surface area contributed by atoms with Gasteiger partial charge in [0.25, 0.3) is 5.91 Å². The first kappa shape index (κ1) is 26.8. The molecule has 2 aromatic rings. The zero-order valence-electron chi connectivity index (χ0n) is 22.4. The lowest BCUT2D eigenvalue weighted by atomic mass is 9.86. The summed E-state index contributed by atoms with van der Waals surface area (Å²) < 4.78 is 13.7. The van der Waals surface area contributed by atoms with Crippen molar-refractivity contribution in [1.29, 1.82) is 5.26 Å². The summed E-state index contributed by atoms with van der Waals surface area (Å²) in [6.45, 7) is 5.48. The Morgan fingerprint density at radius 1 is 1.16 bits per heavy atom. The van der Waals surface area contributed by atoms with Crippen LogP contribution in [0.1, 0.15) is 70.6 Å². The predicted octanol–water partition coefficient (Wildman–Crippen LogP) is 3.96. The Labute approximate surface area is 225 Å². The summed E-state index contributed by atoms with van der Waals surface area (Å²) >= 11 is 0. The number of piperidine rings is 1. The van der Waals surface area contributed by atoms with Crippen molar-refractivity contribution in [2.45, 2.75) is 63.0 Å². The van der Waals surface area contributed by atoms with Crippen molar-refractivity contribution >= 4 is 5.91 Å². The van der Waals surface area contributed by atoms with E-state index in [2.05, 4.69) is 15.9 Å². The van der Waals surface area contributed by atoms with Gasteiger partial charge in [0.1, 0.15) is 5.82 Å². The summed E-state index contributed by atoms with van der Waals surface area (Å²) in [4.78, 5) is 20.4. The highest BCUT2D eigenvalue weighted by Gasteiger charge is 2.34. The van der Waals surface area contributed by atoms with E-state index in [9.17, 15) is 19.6 Å². The van der Waals surface area contributed by atoms with Crippen LogP contribution < -0.4 is 0 Å². The largest absolute Gasteiger partial charge is 0.393 e. The monoisotopic (exact) mass is 518 g/mol. The van der Waals surface area contributed by atoms with Gasteiger partial charge in [0, 0.05) is 57.3 Å². The number of aliphatic hydroxyl groups is 1. The van der Waals surface area contributed by atoms with Crippen LogP contribution in [-0.2, 0) is 12.8 Å². The first-order chi connectivity index (χ1) is 18.4. The number of likely N-dealkylation sites (tertiary alicyclic amines) is 2. The fourth-order valence-electron chi connectivity index (χ4n) is 6.39. The van der Waals surface area contributed by atoms with Gasteiger partial charge >= 0.3 is 0 Å². The number of rotatable bonds is 8. The van der Waals surface area contributed by atoms with Crippen LogP contribution in [0.5, 0.6) is 0 Å². The third-order valence-corrected chi connectivity index (χ3v) is 8.75. The zero-order chi connectivity index (χ0) is 26.6. The van der Waals surface area contributed by atoms with Crippen LogP contribution in [0, 0.1) is 17.1 Å². The lowest BCUT2D eigenvalue weighted by Crippen LogP contribution is -2.61. The molecule has 3 aliphatic rings. The quantitative estimate of drug-likeness (QED) is 0.573. The molecule has 2 aromatic carbocycles. The number of nitriles is 1. The molecule has 6 nitrogen and oxygen atoms in total. The van der Waals surface area contributed by atoms with E-state index in [1.54, 1.807) is 11.0 Å². The van der Waals surface area contributed by atoms with Gasteiger partial charge in [0.15, 0.2) is 0 Å². The predicted molar refractivity (Wildman–Crippen MR) is 146 cm³/mol. The Bertz CT molecular complexity index is 1160. The Kier molecular flexibility index (Phi) is 8.42. The third-order valence-electron chi connectivity index (χ3n) is 8.75. The molecule has 0 saturated carbocycles.